The highest BCUT2D eigenvalue weighted by Gasteiger charge is 2.29. The Hall–Kier alpha value is -2.62. The monoisotopic (exact) mass is 337 g/mol. The lowest BCUT2D eigenvalue weighted by Gasteiger charge is -2.25. The van der Waals surface area contributed by atoms with Gasteiger partial charge < -0.3 is 10.4 Å². The minimum atomic E-state index is -0.954. The number of anilines is 1. The number of carboxylic acid groups (broad SMARTS) is 1. The van der Waals surface area contributed by atoms with Crippen molar-refractivity contribution in [3.63, 3.8) is 0 Å². The maximum Gasteiger partial charge on any atom is 0.313 e. The average molecular weight is 337 g/mol. The first-order chi connectivity index (χ1) is 11.9. The Morgan fingerprint density at radius 3 is 2.44 bits per heavy atom. The molecule has 0 spiro atoms. The van der Waals surface area contributed by atoms with Gasteiger partial charge in [-0.3, -0.25) is 9.59 Å². The molecule has 1 unspecified atom stereocenters. The molecule has 130 valence electrons. The smallest absolute Gasteiger partial charge is 0.313 e. The number of nitrogens with one attached hydrogen (secondary N) is 1. The zero-order chi connectivity index (χ0) is 18.0. The summed E-state index contributed by atoms with van der Waals surface area (Å²) in [5.74, 6) is -0.999. The molecular formula is C21H23NO3. The van der Waals surface area contributed by atoms with Crippen molar-refractivity contribution in [3.05, 3.63) is 65.2 Å². The quantitative estimate of drug-likeness (QED) is 0.882. The lowest BCUT2D eigenvalue weighted by atomic mass is 9.82. The standard InChI is InChI=1S/C21H23NO3/c1-21(2,20(24)25)15-10-12-16(13-11-15)22-19(23)18-9-5-7-14-6-3-4-8-17(14)18/h3-4,6,8,10-13,18H,5,7,9H2,1-2H3,(H,22,23)(H,24,25). The molecule has 4 nitrogen and oxygen atoms in total. The zero-order valence-electron chi connectivity index (χ0n) is 14.6. The molecule has 2 aromatic carbocycles. The van der Waals surface area contributed by atoms with Crippen LogP contribution in [0.1, 0.15) is 49.3 Å². The molecule has 0 aromatic heterocycles. The second-order valence-electron chi connectivity index (χ2n) is 7.14. The van der Waals surface area contributed by atoms with Gasteiger partial charge >= 0.3 is 5.97 Å². The largest absolute Gasteiger partial charge is 0.481 e. The van der Waals surface area contributed by atoms with Gasteiger partial charge in [0.25, 0.3) is 0 Å². The molecule has 0 fully saturated rings. The lowest BCUT2D eigenvalue weighted by Crippen LogP contribution is -2.28. The fraction of sp³-hybridized carbons (Fsp3) is 0.333. The third kappa shape index (κ3) is 3.43. The van der Waals surface area contributed by atoms with Crippen LogP contribution in [0.2, 0.25) is 0 Å². The van der Waals surface area contributed by atoms with Crippen LogP contribution in [-0.4, -0.2) is 17.0 Å². The van der Waals surface area contributed by atoms with Gasteiger partial charge in [0, 0.05) is 5.69 Å². The van der Waals surface area contributed by atoms with E-state index in [1.54, 1.807) is 38.1 Å². The van der Waals surface area contributed by atoms with E-state index in [2.05, 4.69) is 11.4 Å². The van der Waals surface area contributed by atoms with Gasteiger partial charge in [0.05, 0.1) is 11.3 Å². The van der Waals surface area contributed by atoms with Crippen LogP contribution < -0.4 is 5.32 Å². The molecule has 4 heteroatoms. The van der Waals surface area contributed by atoms with Crippen molar-refractivity contribution < 1.29 is 14.7 Å². The molecule has 1 atom stereocenters. The topological polar surface area (TPSA) is 66.4 Å². The molecule has 0 saturated heterocycles. The number of hydrogen-bond acceptors (Lipinski definition) is 2. The number of carbonyl (C=O) groups is 2. The van der Waals surface area contributed by atoms with E-state index in [-0.39, 0.29) is 11.8 Å². The van der Waals surface area contributed by atoms with Crippen molar-refractivity contribution in [2.24, 2.45) is 0 Å². The second kappa shape index (κ2) is 6.71. The molecule has 1 aliphatic rings. The average Bonchev–Trinajstić information content (AvgIpc) is 2.61. The van der Waals surface area contributed by atoms with Gasteiger partial charge in [0.1, 0.15) is 0 Å². The summed E-state index contributed by atoms with van der Waals surface area (Å²) in [6.07, 6.45) is 2.90. The summed E-state index contributed by atoms with van der Waals surface area (Å²) in [4.78, 5) is 24.1. The van der Waals surface area contributed by atoms with E-state index in [4.69, 9.17) is 0 Å². The molecule has 0 radical (unpaired) electrons. The van der Waals surface area contributed by atoms with Crippen molar-refractivity contribution in [1.82, 2.24) is 0 Å². The van der Waals surface area contributed by atoms with Crippen molar-refractivity contribution in [3.8, 4) is 0 Å². The first-order valence-electron chi connectivity index (χ1n) is 8.62. The second-order valence-corrected chi connectivity index (χ2v) is 7.14. The predicted molar refractivity (Wildman–Crippen MR) is 97.9 cm³/mol. The summed E-state index contributed by atoms with van der Waals surface area (Å²) in [6.45, 7) is 3.34. The highest BCUT2D eigenvalue weighted by atomic mass is 16.4. The third-order valence-corrected chi connectivity index (χ3v) is 5.09. The number of carboxylic acids is 1. The number of fused-ring (bicyclic) bond motifs is 1. The SMILES string of the molecule is CC(C)(C(=O)O)c1ccc(NC(=O)C2CCCc3ccccc32)cc1. The van der Waals surface area contributed by atoms with Crippen LogP contribution in [-0.2, 0) is 21.4 Å². The van der Waals surface area contributed by atoms with E-state index < -0.39 is 11.4 Å². The summed E-state index contributed by atoms with van der Waals surface area (Å²) in [6, 6.07) is 15.2. The number of aryl methyl sites for hydroxylation is 1. The van der Waals surface area contributed by atoms with E-state index in [1.165, 1.54) is 5.56 Å². The van der Waals surface area contributed by atoms with Crippen molar-refractivity contribution in [2.45, 2.75) is 44.4 Å². The first kappa shape index (κ1) is 17.2. The third-order valence-electron chi connectivity index (χ3n) is 5.09. The van der Waals surface area contributed by atoms with Crippen LogP contribution in [0.5, 0.6) is 0 Å². The van der Waals surface area contributed by atoms with Gasteiger partial charge in [-0.25, -0.2) is 0 Å². The zero-order valence-corrected chi connectivity index (χ0v) is 14.6. The molecule has 1 amide bonds. The van der Waals surface area contributed by atoms with Gasteiger partial charge in [-0.05, 0) is 61.9 Å². The molecule has 25 heavy (non-hydrogen) atoms. The first-order valence-corrected chi connectivity index (χ1v) is 8.62. The number of hydrogen-bond donors (Lipinski definition) is 2. The Balaban J connectivity index is 1.75. The Morgan fingerprint density at radius 1 is 1.08 bits per heavy atom. The van der Waals surface area contributed by atoms with Crippen LogP contribution in [0.3, 0.4) is 0 Å². The van der Waals surface area contributed by atoms with Gasteiger partial charge in [0.15, 0.2) is 0 Å². The van der Waals surface area contributed by atoms with Crippen LogP contribution in [0, 0.1) is 0 Å². The van der Waals surface area contributed by atoms with E-state index in [9.17, 15) is 14.7 Å². The molecule has 0 aliphatic heterocycles. The number of aliphatic carboxylic acids is 1. The summed E-state index contributed by atoms with van der Waals surface area (Å²) < 4.78 is 0. The maximum atomic E-state index is 12.7. The fourth-order valence-electron chi connectivity index (χ4n) is 3.35. The molecule has 2 aromatic rings. The fourth-order valence-corrected chi connectivity index (χ4v) is 3.35. The Morgan fingerprint density at radius 2 is 1.76 bits per heavy atom. The lowest BCUT2D eigenvalue weighted by molar-refractivity contribution is -0.142. The normalized spacial score (nSPS) is 16.8. The van der Waals surface area contributed by atoms with Crippen molar-refractivity contribution in [2.75, 3.05) is 5.32 Å². The van der Waals surface area contributed by atoms with Crippen molar-refractivity contribution >= 4 is 17.6 Å². The Bertz CT molecular complexity index is 793. The Labute approximate surface area is 147 Å². The number of benzene rings is 2. The number of rotatable bonds is 4. The van der Waals surface area contributed by atoms with Crippen LogP contribution >= 0.6 is 0 Å². The minimum absolute atomic E-state index is 0.00241. The van der Waals surface area contributed by atoms with Gasteiger partial charge in [0.2, 0.25) is 5.91 Å². The summed E-state index contributed by atoms with van der Waals surface area (Å²) >= 11 is 0. The predicted octanol–water partition coefficient (Wildman–Crippen LogP) is 4.11. The van der Waals surface area contributed by atoms with Gasteiger partial charge in [-0.15, -0.1) is 0 Å². The molecule has 2 N–H and O–H groups in total. The van der Waals surface area contributed by atoms with E-state index in [0.29, 0.717) is 11.3 Å². The van der Waals surface area contributed by atoms with E-state index in [1.807, 2.05) is 18.2 Å². The van der Waals surface area contributed by atoms with Crippen LogP contribution in [0.15, 0.2) is 48.5 Å². The van der Waals surface area contributed by atoms with Crippen molar-refractivity contribution in [1.29, 1.82) is 0 Å². The highest BCUT2D eigenvalue weighted by molar-refractivity contribution is 5.96. The summed E-state index contributed by atoms with van der Waals surface area (Å²) in [7, 11) is 0. The number of carbonyl (C=O) groups excluding carboxylic acids is 1. The number of amides is 1. The highest BCUT2D eigenvalue weighted by Crippen LogP contribution is 2.32. The van der Waals surface area contributed by atoms with Crippen LogP contribution in [0.4, 0.5) is 5.69 Å². The molecular weight excluding hydrogens is 314 g/mol. The minimum Gasteiger partial charge on any atom is -0.481 e. The molecule has 3 rings (SSSR count). The van der Waals surface area contributed by atoms with E-state index in [0.717, 1.165) is 24.8 Å². The molecule has 0 heterocycles. The van der Waals surface area contributed by atoms with Gasteiger partial charge in [-0.1, -0.05) is 36.4 Å². The van der Waals surface area contributed by atoms with Crippen LogP contribution in [0.25, 0.3) is 0 Å². The Kier molecular flexibility index (Phi) is 4.62. The molecule has 1 aliphatic carbocycles. The molecule has 0 saturated carbocycles. The van der Waals surface area contributed by atoms with E-state index >= 15 is 0 Å². The summed E-state index contributed by atoms with van der Waals surface area (Å²) in [5, 5.41) is 12.3. The molecule has 0 bridgehead atoms. The van der Waals surface area contributed by atoms with Gasteiger partial charge in [-0.2, -0.15) is 0 Å². The maximum absolute atomic E-state index is 12.7. The summed E-state index contributed by atoms with van der Waals surface area (Å²) in [5.41, 5.74) is 2.83.